The molecule has 140 valence electrons. The summed E-state index contributed by atoms with van der Waals surface area (Å²) >= 11 is 0. The topological polar surface area (TPSA) is 34.1 Å². The summed E-state index contributed by atoms with van der Waals surface area (Å²) in [6.45, 7) is 2.19. The highest BCUT2D eigenvalue weighted by atomic mass is 32.2. The first kappa shape index (κ1) is 19.0. The molecule has 26 heavy (non-hydrogen) atoms. The Labute approximate surface area is 154 Å². The minimum absolute atomic E-state index is 0.168. The van der Waals surface area contributed by atoms with Gasteiger partial charge in [-0.3, -0.25) is 0 Å². The zero-order valence-corrected chi connectivity index (χ0v) is 15.7. The molecule has 0 heterocycles. The summed E-state index contributed by atoms with van der Waals surface area (Å²) in [5.74, 6) is -0.355. The number of rotatable bonds is 4. The molecule has 3 rings (SSSR count). The number of halogens is 2. The van der Waals surface area contributed by atoms with E-state index in [2.05, 4.69) is 6.92 Å². The van der Waals surface area contributed by atoms with Gasteiger partial charge in [0.25, 0.3) is 0 Å². The third-order valence-corrected chi connectivity index (χ3v) is 7.11. The molecule has 2 aromatic carbocycles. The monoisotopic (exact) mass is 378 g/mol. The quantitative estimate of drug-likeness (QED) is 0.647. The van der Waals surface area contributed by atoms with E-state index in [-0.39, 0.29) is 22.1 Å². The highest BCUT2D eigenvalue weighted by Crippen LogP contribution is 2.30. The van der Waals surface area contributed by atoms with Crippen molar-refractivity contribution in [3.8, 4) is 11.1 Å². The van der Waals surface area contributed by atoms with E-state index in [0.29, 0.717) is 11.5 Å². The van der Waals surface area contributed by atoms with E-state index in [1.807, 2.05) is 0 Å². The fourth-order valence-corrected chi connectivity index (χ4v) is 5.52. The molecule has 2 nitrogen and oxygen atoms in total. The van der Waals surface area contributed by atoms with E-state index in [1.165, 1.54) is 37.1 Å². The fraction of sp³-hybridized carbons (Fsp3) is 0.429. The maximum Gasteiger partial charge on any atom is 0.178 e. The first-order valence-corrected chi connectivity index (χ1v) is 10.8. The molecular formula is C21H24F2O2S. The Bertz CT molecular complexity index is 860. The second-order valence-electron chi connectivity index (χ2n) is 7.42. The second kappa shape index (κ2) is 7.87. The van der Waals surface area contributed by atoms with Crippen molar-refractivity contribution in [2.45, 2.75) is 43.9 Å². The zero-order chi connectivity index (χ0) is 18.7. The van der Waals surface area contributed by atoms with Gasteiger partial charge < -0.3 is 0 Å². The molecule has 0 amide bonds. The molecule has 0 spiro atoms. The van der Waals surface area contributed by atoms with Crippen molar-refractivity contribution in [3.05, 3.63) is 54.1 Å². The average Bonchev–Trinajstić information content (AvgIpc) is 2.78. The predicted molar refractivity (Wildman–Crippen MR) is 99.6 cm³/mol. The number of benzene rings is 2. The molecule has 5 heteroatoms. The van der Waals surface area contributed by atoms with Crippen LogP contribution in [0.15, 0.2) is 47.4 Å². The van der Waals surface area contributed by atoms with Gasteiger partial charge in [0, 0.05) is 11.6 Å². The normalized spacial score (nSPS) is 21.3. The highest BCUT2D eigenvalue weighted by Gasteiger charge is 2.24. The van der Waals surface area contributed by atoms with Crippen molar-refractivity contribution in [2.24, 2.45) is 11.8 Å². The second-order valence-corrected chi connectivity index (χ2v) is 9.46. The molecule has 1 fully saturated rings. The summed E-state index contributed by atoms with van der Waals surface area (Å²) in [5.41, 5.74) is 0.789. The summed E-state index contributed by atoms with van der Waals surface area (Å²) in [4.78, 5) is 0.265. The lowest BCUT2D eigenvalue weighted by atomic mass is 9.96. The van der Waals surface area contributed by atoms with Gasteiger partial charge in [0.2, 0.25) is 0 Å². The number of hydrogen-bond donors (Lipinski definition) is 0. The summed E-state index contributed by atoms with van der Waals surface area (Å²) in [6, 6.07) is 9.59. The standard InChI is InChI=1S/C21H24F2O2S/c1-15-4-2-3-5-16(12-15)14-26(24,25)19-9-6-17(7-10-19)20-11-8-18(22)13-21(20)23/h6-11,13,15-16H,2-5,12,14H2,1H3/t15-,16?/m1/s1. The van der Waals surface area contributed by atoms with Crippen molar-refractivity contribution < 1.29 is 17.2 Å². The van der Waals surface area contributed by atoms with Crippen LogP contribution in [0.2, 0.25) is 0 Å². The average molecular weight is 378 g/mol. The van der Waals surface area contributed by atoms with Crippen molar-refractivity contribution in [1.82, 2.24) is 0 Å². The lowest BCUT2D eigenvalue weighted by Gasteiger charge is -2.17. The van der Waals surface area contributed by atoms with Crippen LogP contribution in [0.1, 0.15) is 39.0 Å². The molecule has 0 N–H and O–H groups in total. The fourth-order valence-electron chi connectivity index (χ4n) is 3.85. The molecule has 0 bridgehead atoms. The molecule has 0 saturated heterocycles. The molecule has 1 unspecified atom stereocenters. The molecule has 1 saturated carbocycles. The van der Waals surface area contributed by atoms with E-state index in [4.69, 9.17) is 0 Å². The lowest BCUT2D eigenvalue weighted by Crippen LogP contribution is -2.17. The van der Waals surface area contributed by atoms with Crippen molar-refractivity contribution >= 4 is 9.84 Å². The van der Waals surface area contributed by atoms with Crippen LogP contribution >= 0.6 is 0 Å². The van der Waals surface area contributed by atoms with Crippen LogP contribution in [0.25, 0.3) is 11.1 Å². The lowest BCUT2D eigenvalue weighted by molar-refractivity contribution is 0.422. The minimum Gasteiger partial charge on any atom is -0.224 e. The van der Waals surface area contributed by atoms with E-state index in [0.717, 1.165) is 25.3 Å². The van der Waals surface area contributed by atoms with Gasteiger partial charge in [-0.05, 0) is 54.5 Å². The Morgan fingerprint density at radius 2 is 1.69 bits per heavy atom. The molecule has 0 aliphatic heterocycles. The first-order valence-electron chi connectivity index (χ1n) is 9.13. The maximum atomic E-state index is 13.9. The third kappa shape index (κ3) is 4.50. The van der Waals surface area contributed by atoms with E-state index < -0.39 is 21.5 Å². The molecule has 1 aliphatic rings. The van der Waals surface area contributed by atoms with Crippen LogP contribution in [0, 0.1) is 23.5 Å². The Balaban J connectivity index is 1.78. The van der Waals surface area contributed by atoms with Crippen molar-refractivity contribution in [2.75, 3.05) is 5.75 Å². The van der Waals surface area contributed by atoms with Crippen LogP contribution in [0.5, 0.6) is 0 Å². The van der Waals surface area contributed by atoms with E-state index in [1.54, 1.807) is 12.1 Å². The van der Waals surface area contributed by atoms with Gasteiger partial charge in [0.1, 0.15) is 11.6 Å². The predicted octanol–water partition coefficient (Wildman–Crippen LogP) is 5.62. The Kier molecular flexibility index (Phi) is 5.76. The van der Waals surface area contributed by atoms with Gasteiger partial charge in [0.05, 0.1) is 10.6 Å². The van der Waals surface area contributed by atoms with Crippen LogP contribution in [-0.4, -0.2) is 14.2 Å². The smallest absolute Gasteiger partial charge is 0.178 e. The largest absolute Gasteiger partial charge is 0.224 e. The van der Waals surface area contributed by atoms with Gasteiger partial charge in [0.15, 0.2) is 9.84 Å². The van der Waals surface area contributed by atoms with Crippen LogP contribution < -0.4 is 0 Å². The maximum absolute atomic E-state index is 13.9. The summed E-state index contributed by atoms with van der Waals surface area (Å²) in [7, 11) is -3.37. The van der Waals surface area contributed by atoms with Crippen molar-refractivity contribution in [3.63, 3.8) is 0 Å². The summed E-state index contributed by atoms with van der Waals surface area (Å²) in [5, 5.41) is 0. The van der Waals surface area contributed by atoms with Gasteiger partial charge >= 0.3 is 0 Å². The molecule has 2 atom stereocenters. The highest BCUT2D eigenvalue weighted by molar-refractivity contribution is 7.91. The minimum atomic E-state index is -3.37. The number of hydrogen-bond acceptors (Lipinski definition) is 2. The Hall–Kier alpha value is -1.75. The SMILES string of the molecule is C[C@@H]1CCCCC(CS(=O)(=O)c2ccc(-c3ccc(F)cc3F)cc2)C1. The summed E-state index contributed by atoms with van der Waals surface area (Å²) in [6.07, 6.45) is 5.36. The van der Waals surface area contributed by atoms with Gasteiger partial charge in [-0.2, -0.15) is 0 Å². The van der Waals surface area contributed by atoms with Crippen LogP contribution in [0.4, 0.5) is 8.78 Å². The molecule has 0 radical (unpaired) electrons. The van der Waals surface area contributed by atoms with E-state index in [9.17, 15) is 17.2 Å². The Morgan fingerprint density at radius 3 is 2.38 bits per heavy atom. The Morgan fingerprint density at radius 1 is 1.00 bits per heavy atom. The number of sulfone groups is 1. The van der Waals surface area contributed by atoms with Crippen molar-refractivity contribution in [1.29, 1.82) is 0 Å². The molecule has 1 aliphatic carbocycles. The van der Waals surface area contributed by atoms with Crippen LogP contribution in [-0.2, 0) is 9.84 Å². The summed E-state index contributed by atoms with van der Waals surface area (Å²) < 4.78 is 52.4. The van der Waals surface area contributed by atoms with E-state index >= 15 is 0 Å². The molecule has 0 aromatic heterocycles. The van der Waals surface area contributed by atoms with Gasteiger partial charge in [-0.1, -0.05) is 38.3 Å². The zero-order valence-electron chi connectivity index (χ0n) is 14.9. The molecule has 2 aromatic rings. The first-order chi connectivity index (χ1) is 12.3. The van der Waals surface area contributed by atoms with Gasteiger partial charge in [-0.15, -0.1) is 0 Å². The third-order valence-electron chi connectivity index (χ3n) is 5.21. The molecular weight excluding hydrogens is 354 g/mol. The van der Waals surface area contributed by atoms with Gasteiger partial charge in [-0.25, -0.2) is 17.2 Å². The van der Waals surface area contributed by atoms with Crippen LogP contribution in [0.3, 0.4) is 0 Å².